The van der Waals surface area contributed by atoms with Crippen LogP contribution in [0.3, 0.4) is 0 Å². The Morgan fingerprint density at radius 3 is 2.72 bits per heavy atom. The van der Waals surface area contributed by atoms with Gasteiger partial charge >= 0.3 is 0 Å². The molecule has 0 aliphatic carbocycles. The van der Waals surface area contributed by atoms with Gasteiger partial charge in [-0.3, -0.25) is 4.79 Å². The first-order valence-electron chi connectivity index (χ1n) is 10.5. The number of nitrogens with zero attached hydrogens (tertiary/aromatic N) is 4. The summed E-state index contributed by atoms with van der Waals surface area (Å²) in [6.07, 6.45) is 3.35. The summed E-state index contributed by atoms with van der Waals surface area (Å²) in [6, 6.07) is 11.3. The Balaban J connectivity index is 1.64. The minimum atomic E-state index is -0.263. The second kappa shape index (κ2) is 7.96. The van der Waals surface area contributed by atoms with E-state index in [-0.39, 0.29) is 11.9 Å². The highest BCUT2D eigenvalue weighted by atomic mass is 16.6. The second-order valence-electron chi connectivity index (χ2n) is 7.96. The van der Waals surface area contributed by atoms with Gasteiger partial charge in [-0.15, -0.1) is 0 Å². The molecule has 1 aliphatic heterocycles. The van der Waals surface area contributed by atoms with Crippen LogP contribution in [-0.2, 0) is 0 Å². The molecule has 8 nitrogen and oxygen atoms in total. The summed E-state index contributed by atoms with van der Waals surface area (Å²) in [5.41, 5.74) is 3.50. The number of ether oxygens (including phenoxy) is 2. The van der Waals surface area contributed by atoms with Crippen molar-refractivity contribution >= 4 is 22.8 Å². The lowest BCUT2D eigenvalue weighted by atomic mass is 10.1. The van der Waals surface area contributed by atoms with E-state index in [1.54, 1.807) is 18.5 Å². The monoisotopic (exact) mass is 429 g/mol. The number of pyridine rings is 2. The van der Waals surface area contributed by atoms with Gasteiger partial charge in [-0.05, 0) is 56.7 Å². The topological polar surface area (TPSA) is 91.2 Å². The van der Waals surface area contributed by atoms with Crippen LogP contribution in [0.15, 0.2) is 48.8 Å². The minimum absolute atomic E-state index is 0.0875. The van der Waals surface area contributed by atoms with Gasteiger partial charge < -0.3 is 14.8 Å². The Bertz CT molecular complexity index is 1330. The molecule has 1 aromatic carbocycles. The predicted molar refractivity (Wildman–Crippen MR) is 121 cm³/mol. The quantitative estimate of drug-likeness (QED) is 0.517. The summed E-state index contributed by atoms with van der Waals surface area (Å²) >= 11 is 0. The summed E-state index contributed by atoms with van der Waals surface area (Å²) in [7, 11) is 0. The van der Waals surface area contributed by atoms with E-state index in [1.807, 2.05) is 55.8 Å². The molecule has 1 aliphatic rings. The summed E-state index contributed by atoms with van der Waals surface area (Å²) in [5.74, 6) is 1.64. The van der Waals surface area contributed by atoms with Gasteiger partial charge in [-0.1, -0.05) is 6.07 Å². The fraction of sp³-hybridized carbons (Fsp3) is 0.250. The van der Waals surface area contributed by atoms with Crippen molar-refractivity contribution in [1.29, 1.82) is 0 Å². The van der Waals surface area contributed by atoms with E-state index < -0.39 is 0 Å². The molecular formula is C24H23N5O3. The molecule has 0 radical (unpaired) electrons. The molecule has 3 aromatic heterocycles. The highest BCUT2D eigenvalue weighted by Crippen LogP contribution is 2.35. The van der Waals surface area contributed by atoms with Crippen LogP contribution < -0.4 is 14.8 Å². The summed E-state index contributed by atoms with van der Waals surface area (Å²) in [6.45, 7) is 6.99. The summed E-state index contributed by atoms with van der Waals surface area (Å²) in [4.78, 5) is 22.5. The first kappa shape index (κ1) is 20.0. The molecule has 4 aromatic rings. The normalized spacial score (nSPS) is 12.9. The average Bonchev–Trinajstić information content (AvgIpc) is 3.24. The molecule has 162 valence electrons. The van der Waals surface area contributed by atoms with Gasteiger partial charge in [0.05, 0.1) is 22.8 Å². The number of fused-ring (bicyclic) bond motifs is 2. The Labute approximate surface area is 185 Å². The highest BCUT2D eigenvalue weighted by Gasteiger charge is 2.20. The highest BCUT2D eigenvalue weighted by molar-refractivity contribution is 6.12. The molecule has 0 saturated heterocycles. The number of amides is 1. The van der Waals surface area contributed by atoms with Crippen LogP contribution >= 0.6 is 0 Å². The molecule has 1 N–H and O–H groups in total. The van der Waals surface area contributed by atoms with Crippen LogP contribution in [0.4, 0.5) is 5.82 Å². The SMILES string of the molecule is Cc1cccnc1NC(=O)c1cc(-c2ccc3c(c2)OCCO3)nc2c1cnn2C(C)C. The average molecular weight is 429 g/mol. The number of benzene rings is 1. The van der Waals surface area contributed by atoms with Gasteiger partial charge in [0.25, 0.3) is 5.91 Å². The van der Waals surface area contributed by atoms with Gasteiger partial charge in [-0.2, -0.15) is 5.10 Å². The summed E-state index contributed by atoms with van der Waals surface area (Å²) in [5, 5.41) is 8.09. The number of aryl methyl sites for hydroxylation is 1. The van der Waals surface area contributed by atoms with Crippen LogP contribution in [0.5, 0.6) is 11.5 Å². The zero-order valence-corrected chi connectivity index (χ0v) is 18.1. The maximum absolute atomic E-state index is 13.3. The van der Waals surface area contributed by atoms with E-state index in [2.05, 4.69) is 15.4 Å². The number of carbonyl (C=O) groups excluding carboxylic acids is 1. The number of hydrogen-bond donors (Lipinski definition) is 1. The van der Waals surface area contributed by atoms with Crippen molar-refractivity contribution < 1.29 is 14.3 Å². The molecule has 8 heteroatoms. The molecule has 5 rings (SSSR count). The van der Waals surface area contributed by atoms with E-state index in [0.29, 0.717) is 52.8 Å². The number of carbonyl (C=O) groups is 1. The van der Waals surface area contributed by atoms with E-state index >= 15 is 0 Å². The zero-order valence-electron chi connectivity index (χ0n) is 18.1. The smallest absolute Gasteiger partial charge is 0.257 e. The van der Waals surface area contributed by atoms with Crippen molar-refractivity contribution in [2.24, 2.45) is 0 Å². The van der Waals surface area contributed by atoms with E-state index in [1.165, 1.54) is 0 Å². The van der Waals surface area contributed by atoms with Gasteiger partial charge in [0.1, 0.15) is 19.0 Å². The fourth-order valence-electron chi connectivity index (χ4n) is 3.73. The van der Waals surface area contributed by atoms with Crippen molar-refractivity contribution in [3.63, 3.8) is 0 Å². The number of rotatable bonds is 4. The summed E-state index contributed by atoms with van der Waals surface area (Å²) < 4.78 is 13.2. The molecule has 4 heterocycles. The third kappa shape index (κ3) is 3.53. The molecule has 1 amide bonds. The second-order valence-corrected chi connectivity index (χ2v) is 7.96. The fourth-order valence-corrected chi connectivity index (χ4v) is 3.73. The van der Waals surface area contributed by atoms with Crippen LogP contribution in [-0.4, -0.2) is 38.9 Å². The van der Waals surface area contributed by atoms with Crippen LogP contribution in [0.1, 0.15) is 35.8 Å². The van der Waals surface area contributed by atoms with Crippen LogP contribution in [0.2, 0.25) is 0 Å². The molecule has 0 spiro atoms. The Kier molecular flexibility index (Phi) is 4.97. The lowest BCUT2D eigenvalue weighted by Gasteiger charge is -2.19. The zero-order chi connectivity index (χ0) is 22.2. The Morgan fingerprint density at radius 1 is 1.12 bits per heavy atom. The van der Waals surface area contributed by atoms with Gasteiger partial charge in [0.2, 0.25) is 0 Å². The van der Waals surface area contributed by atoms with E-state index in [0.717, 1.165) is 11.1 Å². The Morgan fingerprint density at radius 2 is 1.94 bits per heavy atom. The van der Waals surface area contributed by atoms with Crippen LogP contribution in [0.25, 0.3) is 22.3 Å². The third-order valence-corrected chi connectivity index (χ3v) is 5.38. The lowest BCUT2D eigenvalue weighted by Crippen LogP contribution is -2.16. The van der Waals surface area contributed by atoms with Gasteiger partial charge in [0, 0.05) is 17.8 Å². The number of aromatic nitrogens is 4. The molecule has 0 bridgehead atoms. The predicted octanol–water partition coefficient (Wildman–Crippen LogP) is 4.41. The largest absolute Gasteiger partial charge is 0.486 e. The first-order chi connectivity index (χ1) is 15.5. The first-order valence-corrected chi connectivity index (χ1v) is 10.5. The molecular weight excluding hydrogens is 406 g/mol. The standard InChI is InChI=1S/C24H23N5O3/c1-14(2)29-23-18(13-26-29)17(24(30)28-22-15(3)5-4-8-25-22)12-19(27-23)16-6-7-20-21(11-16)32-10-9-31-20/h4-8,11-14H,9-10H2,1-3H3,(H,25,28,30). The van der Waals surface area contributed by atoms with Crippen molar-refractivity contribution in [2.45, 2.75) is 26.8 Å². The number of hydrogen-bond acceptors (Lipinski definition) is 6. The third-order valence-electron chi connectivity index (χ3n) is 5.38. The molecule has 0 saturated carbocycles. The maximum atomic E-state index is 13.3. The minimum Gasteiger partial charge on any atom is -0.486 e. The van der Waals surface area contributed by atoms with E-state index in [9.17, 15) is 4.79 Å². The van der Waals surface area contributed by atoms with Crippen molar-refractivity contribution in [3.05, 3.63) is 59.9 Å². The molecule has 0 fully saturated rings. The van der Waals surface area contributed by atoms with Crippen LogP contribution in [0, 0.1) is 6.92 Å². The number of anilines is 1. The van der Waals surface area contributed by atoms with E-state index in [4.69, 9.17) is 14.5 Å². The molecule has 0 atom stereocenters. The maximum Gasteiger partial charge on any atom is 0.257 e. The van der Waals surface area contributed by atoms with Crippen molar-refractivity contribution in [2.75, 3.05) is 18.5 Å². The molecule has 32 heavy (non-hydrogen) atoms. The van der Waals surface area contributed by atoms with Crippen molar-refractivity contribution in [3.8, 4) is 22.8 Å². The lowest BCUT2D eigenvalue weighted by molar-refractivity contribution is 0.102. The molecule has 0 unspecified atom stereocenters. The van der Waals surface area contributed by atoms with Gasteiger partial charge in [-0.25, -0.2) is 14.6 Å². The number of nitrogens with one attached hydrogen (secondary N) is 1. The Hall–Kier alpha value is -3.94. The van der Waals surface area contributed by atoms with Crippen molar-refractivity contribution in [1.82, 2.24) is 19.7 Å². The van der Waals surface area contributed by atoms with Gasteiger partial charge in [0.15, 0.2) is 17.1 Å².